The van der Waals surface area contributed by atoms with Crippen molar-refractivity contribution in [3.05, 3.63) is 48.0 Å². The molecular formula is C20H32O3Si. The number of hydrogen-bond acceptors (Lipinski definition) is 3. The summed E-state index contributed by atoms with van der Waals surface area (Å²) in [7, 11) is -1.72. The minimum atomic E-state index is -1.72. The molecule has 0 unspecified atom stereocenters. The van der Waals surface area contributed by atoms with Crippen molar-refractivity contribution in [3.8, 4) is 0 Å². The summed E-state index contributed by atoms with van der Waals surface area (Å²) in [5.74, 6) is 0. The Morgan fingerprint density at radius 1 is 1.12 bits per heavy atom. The lowest BCUT2D eigenvalue weighted by molar-refractivity contribution is -0.0591. The molecule has 0 saturated heterocycles. The Labute approximate surface area is 148 Å². The minimum Gasteiger partial charge on any atom is -0.414 e. The van der Waals surface area contributed by atoms with Gasteiger partial charge in [0.15, 0.2) is 8.32 Å². The minimum absolute atomic E-state index is 0.0236. The van der Waals surface area contributed by atoms with E-state index in [1.54, 1.807) is 0 Å². The summed E-state index contributed by atoms with van der Waals surface area (Å²) in [6.07, 6.45) is 5.38. The fourth-order valence-electron chi connectivity index (χ4n) is 2.32. The molecule has 0 bridgehead atoms. The predicted molar refractivity (Wildman–Crippen MR) is 102 cm³/mol. The van der Waals surface area contributed by atoms with Gasteiger partial charge in [-0.3, -0.25) is 0 Å². The van der Waals surface area contributed by atoms with Crippen LogP contribution in [0.25, 0.3) is 0 Å². The SMILES string of the molecule is CC(C)(C)[Si](C)(C)OC[C@@H]1CC=C[C@@H](COCc2ccccc2)O1. The van der Waals surface area contributed by atoms with Gasteiger partial charge in [0.2, 0.25) is 0 Å². The third-order valence-corrected chi connectivity index (χ3v) is 9.45. The Kier molecular flexibility index (Phi) is 6.81. The van der Waals surface area contributed by atoms with Crippen molar-refractivity contribution in [1.82, 2.24) is 0 Å². The summed E-state index contributed by atoms with van der Waals surface area (Å²) >= 11 is 0. The van der Waals surface area contributed by atoms with Crippen molar-refractivity contribution in [2.24, 2.45) is 0 Å². The van der Waals surface area contributed by atoms with Gasteiger partial charge in [0.25, 0.3) is 0 Å². The molecule has 134 valence electrons. The highest BCUT2D eigenvalue weighted by molar-refractivity contribution is 6.74. The summed E-state index contributed by atoms with van der Waals surface area (Å²) in [6, 6.07) is 10.2. The quantitative estimate of drug-likeness (QED) is 0.516. The van der Waals surface area contributed by atoms with E-state index in [1.807, 2.05) is 18.2 Å². The van der Waals surface area contributed by atoms with E-state index in [0.29, 0.717) is 19.8 Å². The van der Waals surface area contributed by atoms with Crippen LogP contribution in [-0.4, -0.2) is 33.7 Å². The molecule has 2 atom stereocenters. The molecule has 4 heteroatoms. The molecule has 0 spiro atoms. The molecule has 0 radical (unpaired) electrons. The van der Waals surface area contributed by atoms with Crippen molar-refractivity contribution in [1.29, 1.82) is 0 Å². The Morgan fingerprint density at radius 2 is 1.83 bits per heavy atom. The maximum Gasteiger partial charge on any atom is 0.192 e. The fraction of sp³-hybridized carbons (Fsp3) is 0.600. The molecule has 3 nitrogen and oxygen atoms in total. The molecular weight excluding hydrogens is 316 g/mol. The summed E-state index contributed by atoms with van der Waals surface area (Å²) in [6.45, 7) is 13.2. The second kappa shape index (κ2) is 8.43. The fourth-order valence-corrected chi connectivity index (χ4v) is 3.35. The van der Waals surface area contributed by atoms with Gasteiger partial charge >= 0.3 is 0 Å². The summed E-state index contributed by atoms with van der Waals surface area (Å²) in [5, 5.41) is 0.232. The smallest absolute Gasteiger partial charge is 0.192 e. The van der Waals surface area contributed by atoms with E-state index < -0.39 is 8.32 Å². The van der Waals surface area contributed by atoms with Gasteiger partial charge in [-0.2, -0.15) is 0 Å². The third kappa shape index (κ3) is 5.85. The molecule has 1 aromatic rings. The molecule has 0 saturated carbocycles. The number of ether oxygens (including phenoxy) is 2. The number of benzene rings is 1. The molecule has 1 aliphatic rings. The van der Waals surface area contributed by atoms with Crippen molar-refractivity contribution in [2.45, 2.75) is 64.1 Å². The van der Waals surface area contributed by atoms with Gasteiger partial charge < -0.3 is 13.9 Å². The number of rotatable bonds is 7. The first-order chi connectivity index (χ1) is 11.3. The topological polar surface area (TPSA) is 27.7 Å². The van der Waals surface area contributed by atoms with Crippen molar-refractivity contribution >= 4 is 8.32 Å². The lowest BCUT2D eigenvalue weighted by Crippen LogP contribution is -2.43. The van der Waals surface area contributed by atoms with Crippen LogP contribution in [0.2, 0.25) is 18.1 Å². The van der Waals surface area contributed by atoms with Gasteiger partial charge in [-0.1, -0.05) is 63.3 Å². The van der Waals surface area contributed by atoms with Gasteiger partial charge in [-0.05, 0) is 30.1 Å². The van der Waals surface area contributed by atoms with Crippen LogP contribution in [0, 0.1) is 0 Å². The molecule has 1 heterocycles. The van der Waals surface area contributed by atoms with Gasteiger partial charge in [-0.15, -0.1) is 0 Å². The summed E-state index contributed by atoms with van der Waals surface area (Å²) < 4.78 is 18.2. The van der Waals surface area contributed by atoms with Gasteiger partial charge in [0.1, 0.15) is 0 Å². The Morgan fingerprint density at radius 3 is 2.50 bits per heavy atom. The van der Waals surface area contributed by atoms with Crippen LogP contribution in [0.3, 0.4) is 0 Å². The van der Waals surface area contributed by atoms with Crippen molar-refractivity contribution in [2.75, 3.05) is 13.2 Å². The van der Waals surface area contributed by atoms with Crippen LogP contribution >= 0.6 is 0 Å². The highest BCUT2D eigenvalue weighted by Crippen LogP contribution is 2.36. The van der Waals surface area contributed by atoms with Gasteiger partial charge in [0, 0.05) is 0 Å². The molecule has 1 aliphatic heterocycles. The largest absolute Gasteiger partial charge is 0.414 e. The lowest BCUT2D eigenvalue weighted by Gasteiger charge is -2.38. The van der Waals surface area contributed by atoms with Crippen LogP contribution < -0.4 is 0 Å². The lowest BCUT2D eigenvalue weighted by atomic mass is 10.1. The Hall–Kier alpha value is -0.943. The summed E-state index contributed by atoms with van der Waals surface area (Å²) in [4.78, 5) is 0. The van der Waals surface area contributed by atoms with Crippen molar-refractivity contribution < 1.29 is 13.9 Å². The van der Waals surface area contributed by atoms with E-state index in [0.717, 1.165) is 6.42 Å². The van der Waals surface area contributed by atoms with Crippen LogP contribution in [0.4, 0.5) is 0 Å². The third-order valence-electron chi connectivity index (χ3n) is 4.95. The van der Waals surface area contributed by atoms with Crippen molar-refractivity contribution in [3.63, 3.8) is 0 Å². The Bertz CT molecular complexity index is 519. The zero-order valence-corrected chi connectivity index (χ0v) is 16.7. The first kappa shape index (κ1) is 19.4. The first-order valence-electron chi connectivity index (χ1n) is 8.86. The zero-order valence-electron chi connectivity index (χ0n) is 15.7. The number of hydrogen-bond donors (Lipinski definition) is 0. The molecule has 0 fully saturated rings. The molecule has 0 aliphatic carbocycles. The average Bonchev–Trinajstić information content (AvgIpc) is 2.53. The van der Waals surface area contributed by atoms with E-state index in [9.17, 15) is 0 Å². The highest BCUT2D eigenvalue weighted by Gasteiger charge is 2.37. The maximum absolute atomic E-state index is 6.29. The van der Waals surface area contributed by atoms with E-state index in [1.165, 1.54) is 5.56 Å². The average molecular weight is 349 g/mol. The Balaban J connectivity index is 1.74. The normalized spacial score (nSPS) is 21.9. The van der Waals surface area contributed by atoms with Crippen LogP contribution in [0.15, 0.2) is 42.5 Å². The molecule has 24 heavy (non-hydrogen) atoms. The molecule has 1 aromatic carbocycles. The van der Waals surface area contributed by atoms with E-state index in [-0.39, 0.29) is 17.2 Å². The zero-order chi connectivity index (χ0) is 17.6. The second-order valence-corrected chi connectivity index (χ2v) is 12.8. The first-order valence-corrected chi connectivity index (χ1v) is 11.8. The second-order valence-electron chi connectivity index (χ2n) is 8.03. The highest BCUT2D eigenvalue weighted by atomic mass is 28.4. The predicted octanol–water partition coefficient (Wildman–Crippen LogP) is 4.94. The monoisotopic (exact) mass is 348 g/mol. The maximum atomic E-state index is 6.29. The van der Waals surface area contributed by atoms with Crippen LogP contribution in [-0.2, 0) is 20.5 Å². The molecule has 0 aromatic heterocycles. The molecule has 0 amide bonds. The van der Waals surface area contributed by atoms with E-state index in [4.69, 9.17) is 13.9 Å². The summed E-state index contributed by atoms with van der Waals surface area (Å²) in [5.41, 5.74) is 1.19. The molecule has 2 rings (SSSR count). The van der Waals surface area contributed by atoms with E-state index >= 15 is 0 Å². The van der Waals surface area contributed by atoms with E-state index in [2.05, 4.69) is 58.2 Å². The van der Waals surface area contributed by atoms with Crippen LogP contribution in [0.1, 0.15) is 32.8 Å². The standard InChI is InChI=1S/C20H32O3Si/c1-20(2,3)24(4,5)22-16-19-13-9-12-18(23-19)15-21-14-17-10-7-6-8-11-17/h6-12,18-19H,13-16H2,1-5H3/t18-,19-/m0/s1. The van der Waals surface area contributed by atoms with Gasteiger partial charge in [-0.25, -0.2) is 0 Å². The van der Waals surface area contributed by atoms with Crippen LogP contribution in [0.5, 0.6) is 0 Å². The van der Waals surface area contributed by atoms with Gasteiger partial charge in [0.05, 0.1) is 32.0 Å². The molecule has 0 N–H and O–H groups in total.